The Morgan fingerprint density at radius 2 is 1.87 bits per heavy atom. The summed E-state index contributed by atoms with van der Waals surface area (Å²) < 4.78 is 28.5. The molecule has 23 heavy (non-hydrogen) atoms. The molecular weight excluding hydrogens is 325 g/mol. The molecule has 2 rings (SSSR count). The number of hydrogen-bond donors (Lipinski definition) is 1. The highest BCUT2D eigenvalue weighted by Crippen LogP contribution is 2.29. The maximum atomic E-state index is 12.9. The fraction of sp³-hybridized carbons (Fsp3) is 0.188. The molecule has 1 N–H and O–H groups in total. The number of methoxy groups -OCH3 is 2. The summed E-state index contributed by atoms with van der Waals surface area (Å²) in [4.78, 5) is 12.0. The summed E-state index contributed by atoms with van der Waals surface area (Å²) in [5.74, 6) is 0.383. The molecule has 0 fully saturated rings. The van der Waals surface area contributed by atoms with Crippen molar-refractivity contribution in [1.82, 2.24) is 0 Å². The highest BCUT2D eigenvalue weighted by molar-refractivity contribution is 6.32. The van der Waals surface area contributed by atoms with Gasteiger partial charge in [0, 0.05) is 6.07 Å². The summed E-state index contributed by atoms with van der Waals surface area (Å²) in [5.41, 5.74) is 0.450. The molecular formula is C16H15ClFNO4. The van der Waals surface area contributed by atoms with E-state index >= 15 is 0 Å². The van der Waals surface area contributed by atoms with Crippen molar-refractivity contribution in [3.8, 4) is 17.2 Å². The Balaban J connectivity index is 2.02. The first-order valence-electron chi connectivity index (χ1n) is 6.63. The van der Waals surface area contributed by atoms with Crippen molar-refractivity contribution in [2.45, 2.75) is 0 Å². The van der Waals surface area contributed by atoms with Crippen molar-refractivity contribution < 1.29 is 23.4 Å². The molecule has 0 heterocycles. The summed E-state index contributed by atoms with van der Waals surface area (Å²) >= 11 is 5.83. The van der Waals surface area contributed by atoms with E-state index < -0.39 is 11.7 Å². The van der Waals surface area contributed by atoms with Gasteiger partial charge in [0.05, 0.1) is 24.9 Å². The lowest BCUT2D eigenvalue weighted by atomic mass is 10.2. The van der Waals surface area contributed by atoms with Gasteiger partial charge in [0.2, 0.25) is 0 Å². The number of rotatable bonds is 6. The second-order valence-electron chi connectivity index (χ2n) is 4.48. The van der Waals surface area contributed by atoms with Crippen molar-refractivity contribution >= 4 is 23.2 Å². The second kappa shape index (κ2) is 7.69. The van der Waals surface area contributed by atoms with Gasteiger partial charge in [-0.3, -0.25) is 4.79 Å². The van der Waals surface area contributed by atoms with Gasteiger partial charge >= 0.3 is 0 Å². The van der Waals surface area contributed by atoms with Crippen molar-refractivity contribution in [3.05, 3.63) is 47.2 Å². The molecule has 0 radical (unpaired) electrons. The number of ether oxygens (including phenoxy) is 3. The first-order valence-corrected chi connectivity index (χ1v) is 7.01. The Morgan fingerprint density at radius 3 is 2.52 bits per heavy atom. The van der Waals surface area contributed by atoms with Crippen molar-refractivity contribution in [1.29, 1.82) is 0 Å². The average molecular weight is 340 g/mol. The van der Waals surface area contributed by atoms with Crippen molar-refractivity contribution in [2.75, 3.05) is 26.1 Å². The Morgan fingerprint density at radius 1 is 1.13 bits per heavy atom. The van der Waals surface area contributed by atoms with Crippen molar-refractivity contribution in [2.24, 2.45) is 0 Å². The number of hydrogen-bond acceptors (Lipinski definition) is 4. The van der Waals surface area contributed by atoms with Gasteiger partial charge in [-0.1, -0.05) is 11.6 Å². The van der Waals surface area contributed by atoms with Crippen LogP contribution in [0.25, 0.3) is 0 Å². The summed E-state index contributed by atoms with van der Waals surface area (Å²) in [6.07, 6.45) is 0. The first kappa shape index (κ1) is 16.9. The second-order valence-corrected chi connectivity index (χ2v) is 4.89. The Hall–Kier alpha value is -2.47. The highest BCUT2D eigenvalue weighted by Gasteiger charge is 2.11. The largest absolute Gasteiger partial charge is 0.497 e. The van der Waals surface area contributed by atoms with E-state index in [-0.39, 0.29) is 17.4 Å². The molecule has 2 aromatic carbocycles. The van der Waals surface area contributed by atoms with Crippen LogP contribution in [0, 0.1) is 5.82 Å². The van der Waals surface area contributed by atoms with Crippen LogP contribution in [-0.4, -0.2) is 26.7 Å². The van der Waals surface area contributed by atoms with Crippen LogP contribution in [0.1, 0.15) is 0 Å². The standard InChI is InChI=1S/C16H15ClFNO4/c1-21-11-4-6-15(22-2)13(8-11)19-16(20)9-23-14-5-3-10(18)7-12(14)17/h3-8H,9H2,1-2H3,(H,19,20). The Bertz CT molecular complexity index is 708. The molecule has 0 atom stereocenters. The summed E-state index contributed by atoms with van der Waals surface area (Å²) in [7, 11) is 3.01. The smallest absolute Gasteiger partial charge is 0.262 e. The van der Waals surface area contributed by atoms with Gasteiger partial charge in [0.25, 0.3) is 5.91 Å². The maximum Gasteiger partial charge on any atom is 0.262 e. The zero-order valence-corrected chi connectivity index (χ0v) is 13.3. The fourth-order valence-corrected chi connectivity index (χ4v) is 2.06. The van der Waals surface area contributed by atoms with Gasteiger partial charge < -0.3 is 19.5 Å². The predicted molar refractivity (Wildman–Crippen MR) is 85.1 cm³/mol. The third kappa shape index (κ3) is 4.50. The zero-order valence-electron chi connectivity index (χ0n) is 12.6. The van der Waals surface area contributed by atoms with E-state index in [1.54, 1.807) is 18.2 Å². The predicted octanol–water partition coefficient (Wildman–Crippen LogP) is 3.51. The lowest BCUT2D eigenvalue weighted by molar-refractivity contribution is -0.118. The molecule has 1 amide bonds. The summed E-state index contributed by atoms with van der Waals surface area (Å²) in [6.45, 7) is -0.286. The minimum Gasteiger partial charge on any atom is -0.497 e. The number of carbonyl (C=O) groups is 1. The normalized spacial score (nSPS) is 10.1. The van der Waals surface area contributed by atoms with Gasteiger partial charge in [-0.05, 0) is 30.3 Å². The van der Waals surface area contributed by atoms with Crippen LogP contribution < -0.4 is 19.5 Å². The lowest BCUT2D eigenvalue weighted by Gasteiger charge is -2.12. The first-order chi connectivity index (χ1) is 11.0. The molecule has 5 nitrogen and oxygen atoms in total. The van der Waals surface area contributed by atoms with Crippen LogP contribution in [0.2, 0.25) is 5.02 Å². The molecule has 0 aliphatic heterocycles. The van der Waals surface area contributed by atoms with Crippen LogP contribution in [0.5, 0.6) is 17.2 Å². The molecule has 0 spiro atoms. The molecule has 0 saturated carbocycles. The van der Waals surface area contributed by atoms with Crippen molar-refractivity contribution in [3.63, 3.8) is 0 Å². The van der Waals surface area contributed by atoms with Crippen LogP contribution in [-0.2, 0) is 4.79 Å². The fourth-order valence-electron chi connectivity index (χ4n) is 1.83. The van der Waals surface area contributed by atoms with E-state index in [9.17, 15) is 9.18 Å². The number of amides is 1. The maximum absolute atomic E-state index is 12.9. The molecule has 2 aromatic rings. The minimum atomic E-state index is -0.479. The molecule has 122 valence electrons. The van der Waals surface area contributed by atoms with Gasteiger partial charge in [-0.2, -0.15) is 0 Å². The zero-order chi connectivity index (χ0) is 16.8. The Labute approximate surface area is 137 Å². The van der Waals surface area contributed by atoms with Crippen LogP contribution >= 0.6 is 11.6 Å². The minimum absolute atomic E-state index is 0.0942. The van der Waals surface area contributed by atoms with E-state index in [0.717, 1.165) is 6.07 Å². The van der Waals surface area contributed by atoms with E-state index in [0.29, 0.717) is 17.2 Å². The van der Waals surface area contributed by atoms with E-state index in [1.807, 2.05) is 0 Å². The SMILES string of the molecule is COc1ccc(OC)c(NC(=O)COc2ccc(F)cc2Cl)c1. The molecule has 7 heteroatoms. The number of halogens is 2. The van der Waals surface area contributed by atoms with Crippen LogP contribution in [0.3, 0.4) is 0 Å². The molecule has 0 aliphatic carbocycles. The molecule has 0 aromatic heterocycles. The van der Waals surface area contributed by atoms with E-state index in [1.165, 1.54) is 26.4 Å². The quantitative estimate of drug-likeness (QED) is 0.875. The number of benzene rings is 2. The van der Waals surface area contributed by atoms with Gasteiger partial charge in [0.15, 0.2) is 6.61 Å². The lowest BCUT2D eigenvalue weighted by Crippen LogP contribution is -2.20. The molecule has 0 unspecified atom stereocenters. The monoisotopic (exact) mass is 339 g/mol. The molecule has 0 bridgehead atoms. The average Bonchev–Trinajstić information content (AvgIpc) is 2.54. The Kier molecular flexibility index (Phi) is 5.65. The number of carbonyl (C=O) groups excluding carboxylic acids is 1. The van der Waals surface area contributed by atoms with E-state index in [4.69, 9.17) is 25.8 Å². The van der Waals surface area contributed by atoms with E-state index in [2.05, 4.69) is 5.32 Å². The number of nitrogens with one attached hydrogen (secondary N) is 1. The van der Waals surface area contributed by atoms with Crippen LogP contribution in [0.15, 0.2) is 36.4 Å². The third-order valence-electron chi connectivity index (χ3n) is 2.93. The topological polar surface area (TPSA) is 56.8 Å². The van der Waals surface area contributed by atoms with Gasteiger partial charge in [-0.15, -0.1) is 0 Å². The molecule has 0 aliphatic rings. The summed E-state index contributed by atoms with van der Waals surface area (Å²) in [5, 5.41) is 2.75. The summed E-state index contributed by atoms with van der Waals surface area (Å²) in [6, 6.07) is 8.68. The van der Waals surface area contributed by atoms with Crippen LogP contribution in [0.4, 0.5) is 10.1 Å². The van der Waals surface area contributed by atoms with Gasteiger partial charge in [0.1, 0.15) is 23.1 Å². The van der Waals surface area contributed by atoms with Gasteiger partial charge in [-0.25, -0.2) is 4.39 Å². The third-order valence-corrected chi connectivity index (χ3v) is 3.23. The number of anilines is 1. The highest BCUT2D eigenvalue weighted by atomic mass is 35.5. The molecule has 0 saturated heterocycles.